The second-order valence-corrected chi connectivity index (χ2v) is 6.59. The number of carbonyl (C=O) groups is 1. The Morgan fingerprint density at radius 1 is 1.24 bits per heavy atom. The number of rotatable bonds is 5. The highest BCUT2D eigenvalue weighted by molar-refractivity contribution is 5.78. The minimum atomic E-state index is 0.163. The Bertz CT molecular complexity index is 299. The highest BCUT2D eigenvalue weighted by atomic mass is 16.1. The number of hydrogen-bond donors (Lipinski definition) is 2. The Morgan fingerprint density at radius 3 is 2.47 bits per heavy atom. The molecule has 2 N–H and O–H groups in total. The fourth-order valence-electron chi connectivity index (χ4n) is 4.19. The number of carbonyl (C=O) groups excluding carboxylic acids is 1. The number of nitrogens with one attached hydrogen (secondary N) is 2. The maximum Gasteiger partial charge on any atom is 0.233 e. The van der Waals surface area contributed by atoms with E-state index in [1.165, 1.54) is 19.3 Å². The molecule has 3 saturated carbocycles. The summed E-state index contributed by atoms with van der Waals surface area (Å²) in [5.74, 6) is 4.52. The molecule has 3 aliphatic carbocycles. The lowest BCUT2D eigenvalue weighted by Crippen LogP contribution is -2.37. The highest BCUT2D eigenvalue weighted by Gasteiger charge is 2.64. The highest BCUT2D eigenvalue weighted by Crippen LogP contribution is 2.65. The second-order valence-electron chi connectivity index (χ2n) is 6.59. The molecule has 0 spiro atoms. The van der Waals surface area contributed by atoms with Gasteiger partial charge in [0.25, 0.3) is 0 Å². The molecule has 1 amide bonds. The van der Waals surface area contributed by atoms with Crippen LogP contribution in [0.5, 0.6) is 0 Å². The van der Waals surface area contributed by atoms with Gasteiger partial charge in [-0.15, -0.1) is 0 Å². The molecule has 4 atom stereocenters. The van der Waals surface area contributed by atoms with E-state index in [1.54, 1.807) is 0 Å². The molecule has 3 fully saturated rings. The van der Waals surface area contributed by atoms with Crippen LogP contribution in [0.25, 0.3) is 0 Å². The Labute approximate surface area is 104 Å². The van der Waals surface area contributed by atoms with Crippen molar-refractivity contribution in [1.82, 2.24) is 10.6 Å². The SMILES string of the molecule is CC(C)CNC(=O)CNC1C2C3CCC(C3)C12. The predicted molar refractivity (Wildman–Crippen MR) is 67.4 cm³/mol. The first-order valence-electron chi connectivity index (χ1n) is 7.17. The van der Waals surface area contributed by atoms with Gasteiger partial charge in [-0.25, -0.2) is 0 Å². The zero-order chi connectivity index (χ0) is 12.0. The zero-order valence-corrected chi connectivity index (χ0v) is 10.9. The maximum absolute atomic E-state index is 11.6. The molecule has 4 unspecified atom stereocenters. The fraction of sp³-hybridized carbons (Fsp3) is 0.929. The lowest BCUT2D eigenvalue weighted by molar-refractivity contribution is -0.120. The first kappa shape index (κ1) is 11.5. The molecule has 3 aliphatic rings. The van der Waals surface area contributed by atoms with E-state index in [4.69, 9.17) is 0 Å². The predicted octanol–water partition coefficient (Wildman–Crippen LogP) is 1.39. The van der Waals surface area contributed by atoms with Gasteiger partial charge in [0.15, 0.2) is 0 Å². The molecule has 96 valence electrons. The molecular formula is C14H24N2O. The molecule has 0 aromatic heterocycles. The first-order chi connectivity index (χ1) is 8.16. The first-order valence-corrected chi connectivity index (χ1v) is 7.17. The summed E-state index contributed by atoms with van der Waals surface area (Å²) in [5, 5.41) is 6.44. The van der Waals surface area contributed by atoms with Crippen molar-refractivity contribution in [1.29, 1.82) is 0 Å². The van der Waals surface area contributed by atoms with Crippen molar-refractivity contribution >= 4 is 5.91 Å². The molecule has 0 saturated heterocycles. The Kier molecular flexibility index (Phi) is 2.89. The molecule has 0 heterocycles. The van der Waals surface area contributed by atoms with Gasteiger partial charge >= 0.3 is 0 Å². The Hall–Kier alpha value is -0.570. The number of fused-ring (bicyclic) bond motifs is 5. The van der Waals surface area contributed by atoms with Gasteiger partial charge in [-0.1, -0.05) is 13.8 Å². The van der Waals surface area contributed by atoms with Crippen LogP contribution in [0.15, 0.2) is 0 Å². The van der Waals surface area contributed by atoms with E-state index in [9.17, 15) is 4.79 Å². The van der Waals surface area contributed by atoms with Crippen LogP contribution in [0, 0.1) is 29.6 Å². The molecule has 2 bridgehead atoms. The van der Waals surface area contributed by atoms with Crippen LogP contribution in [-0.4, -0.2) is 25.0 Å². The van der Waals surface area contributed by atoms with E-state index in [1.807, 2.05) is 0 Å². The van der Waals surface area contributed by atoms with Gasteiger partial charge in [0.05, 0.1) is 6.54 Å². The van der Waals surface area contributed by atoms with E-state index >= 15 is 0 Å². The van der Waals surface area contributed by atoms with Crippen molar-refractivity contribution in [2.24, 2.45) is 29.6 Å². The van der Waals surface area contributed by atoms with Crippen molar-refractivity contribution in [3.8, 4) is 0 Å². The molecule has 3 nitrogen and oxygen atoms in total. The largest absolute Gasteiger partial charge is 0.355 e. The van der Waals surface area contributed by atoms with Gasteiger partial charge < -0.3 is 10.6 Å². The standard InChI is InChI=1S/C14H24N2O/c1-8(2)6-15-11(17)7-16-14-12-9-3-4-10(5-9)13(12)14/h8-10,12-14,16H,3-7H2,1-2H3,(H,15,17). The quantitative estimate of drug-likeness (QED) is 0.757. The van der Waals surface area contributed by atoms with E-state index < -0.39 is 0 Å². The number of hydrogen-bond acceptors (Lipinski definition) is 2. The summed E-state index contributed by atoms with van der Waals surface area (Å²) in [6, 6.07) is 0.672. The summed E-state index contributed by atoms with van der Waals surface area (Å²) in [5.41, 5.74) is 0. The molecule has 3 heteroatoms. The van der Waals surface area contributed by atoms with Gasteiger partial charge in [-0.3, -0.25) is 4.79 Å². The lowest BCUT2D eigenvalue weighted by Gasteiger charge is -2.11. The average molecular weight is 236 g/mol. The van der Waals surface area contributed by atoms with Gasteiger partial charge in [0.1, 0.15) is 0 Å². The molecule has 0 aliphatic heterocycles. The number of amides is 1. The van der Waals surface area contributed by atoms with Crippen molar-refractivity contribution in [2.45, 2.75) is 39.2 Å². The summed E-state index contributed by atoms with van der Waals surface area (Å²) in [7, 11) is 0. The molecular weight excluding hydrogens is 212 g/mol. The third-order valence-electron chi connectivity index (χ3n) is 4.94. The van der Waals surface area contributed by atoms with E-state index in [0.29, 0.717) is 18.5 Å². The second kappa shape index (κ2) is 4.27. The monoisotopic (exact) mass is 236 g/mol. The van der Waals surface area contributed by atoms with Gasteiger partial charge in [-0.2, -0.15) is 0 Å². The Balaban J connectivity index is 1.38. The normalized spacial score (nSPS) is 41.7. The van der Waals surface area contributed by atoms with Crippen molar-refractivity contribution in [3.63, 3.8) is 0 Å². The summed E-state index contributed by atoms with van der Waals surface area (Å²) in [6.07, 6.45) is 4.38. The van der Waals surface area contributed by atoms with Crippen molar-refractivity contribution in [2.75, 3.05) is 13.1 Å². The molecule has 0 radical (unpaired) electrons. The third kappa shape index (κ3) is 2.10. The zero-order valence-electron chi connectivity index (χ0n) is 10.9. The van der Waals surface area contributed by atoms with E-state index in [2.05, 4.69) is 24.5 Å². The van der Waals surface area contributed by atoms with Crippen LogP contribution in [-0.2, 0) is 4.79 Å². The topological polar surface area (TPSA) is 41.1 Å². The maximum atomic E-state index is 11.6. The van der Waals surface area contributed by atoms with Crippen LogP contribution < -0.4 is 10.6 Å². The lowest BCUT2D eigenvalue weighted by atomic mass is 10.0. The van der Waals surface area contributed by atoms with Gasteiger partial charge in [0.2, 0.25) is 5.91 Å². The third-order valence-corrected chi connectivity index (χ3v) is 4.94. The molecule has 3 rings (SSSR count). The molecule has 0 aromatic rings. The van der Waals surface area contributed by atoms with Gasteiger partial charge in [-0.05, 0) is 48.9 Å². The van der Waals surface area contributed by atoms with Crippen molar-refractivity contribution in [3.05, 3.63) is 0 Å². The summed E-state index contributed by atoms with van der Waals surface area (Å²) >= 11 is 0. The van der Waals surface area contributed by atoms with Crippen LogP contribution in [0.4, 0.5) is 0 Å². The summed E-state index contributed by atoms with van der Waals surface area (Å²) in [4.78, 5) is 11.6. The smallest absolute Gasteiger partial charge is 0.233 e. The van der Waals surface area contributed by atoms with Crippen molar-refractivity contribution < 1.29 is 4.79 Å². The minimum absolute atomic E-state index is 0.163. The minimum Gasteiger partial charge on any atom is -0.355 e. The van der Waals surface area contributed by atoms with Crippen LogP contribution in [0.3, 0.4) is 0 Å². The van der Waals surface area contributed by atoms with E-state index in [0.717, 1.165) is 30.2 Å². The molecule has 0 aromatic carbocycles. The van der Waals surface area contributed by atoms with Crippen LogP contribution >= 0.6 is 0 Å². The Morgan fingerprint density at radius 2 is 1.88 bits per heavy atom. The average Bonchev–Trinajstić information content (AvgIpc) is 2.68. The van der Waals surface area contributed by atoms with Crippen LogP contribution in [0.2, 0.25) is 0 Å². The summed E-state index contributed by atoms with van der Waals surface area (Å²) < 4.78 is 0. The van der Waals surface area contributed by atoms with E-state index in [-0.39, 0.29) is 5.91 Å². The van der Waals surface area contributed by atoms with Crippen LogP contribution in [0.1, 0.15) is 33.1 Å². The fourth-order valence-corrected chi connectivity index (χ4v) is 4.19. The summed E-state index contributed by atoms with van der Waals surface area (Å²) in [6.45, 7) is 5.56. The van der Waals surface area contributed by atoms with Gasteiger partial charge in [0, 0.05) is 12.6 Å². The molecule has 17 heavy (non-hydrogen) atoms.